The minimum absolute atomic E-state index is 0.285. The van der Waals surface area contributed by atoms with Crippen LogP contribution in [0.15, 0.2) is 115 Å². The van der Waals surface area contributed by atoms with Gasteiger partial charge in [-0.2, -0.15) is 26.3 Å². The molecule has 1 aliphatic rings. The lowest BCUT2D eigenvalue weighted by Crippen LogP contribution is -2.47. The molecule has 1 aliphatic carbocycles. The lowest BCUT2D eigenvalue weighted by atomic mass is 9.73. The number of rotatable bonds is 11. The summed E-state index contributed by atoms with van der Waals surface area (Å²) >= 11 is 0. The van der Waals surface area contributed by atoms with E-state index in [1.54, 1.807) is 48.5 Å². The molecule has 2 N–H and O–H groups in total. The third kappa shape index (κ3) is 7.33. The molecule has 1 aromatic heterocycles. The van der Waals surface area contributed by atoms with Crippen molar-refractivity contribution in [3.05, 3.63) is 143 Å². The number of para-hydroxylation sites is 1. The second-order valence-corrected chi connectivity index (χ2v) is 13.7. The molecule has 7 rings (SSSR count). The quantitative estimate of drug-likeness (QED) is 0.102. The van der Waals surface area contributed by atoms with Crippen LogP contribution in [0.2, 0.25) is 0 Å². The highest BCUT2D eigenvalue weighted by Crippen LogP contribution is 2.51. The van der Waals surface area contributed by atoms with E-state index < -0.39 is 41.7 Å². The van der Waals surface area contributed by atoms with Gasteiger partial charge in [-0.05, 0) is 83.5 Å². The standard InChI is InChI=1S/C43H36F6N4O2/c1-27-51-38-36(52-39(54)33-15-4-3-12-30(33)28-20-22-29(23-21-28)43(47,48)49)18-11-19-37(38)53(27)25-10-2-9-24-41(40(55)50-26-42(44,45)46)34-16-7-5-13-31(34)32-14-6-8-17-35(32)41/h3-8,11-23H,2,9-10,24-26H2,1H3,(H,50,55)(H,52,54). The van der Waals surface area contributed by atoms with E-state index in [-0.39, 0.29) is 5.56 Å². The minimum Gasteiger partial charge on any atom is -0.346 e. The van der Waals surface area contributed by atoms with Gasteiger partial charge >= 0.3 is 12.4 Å². The molecular weight excluding hydrogens is 718 g/mol. The van der Waals surface area contributed by atoms with E-state index in [0.29, 0.717) is 71.5 Å². The van der Waals surface area contributed by atoms with Crippen molar-refractivity contribution in [1.82, 2.24) is 14.9 Å². The molecule has 0 aliphatic heterocycles. The van der Waals surface area contributed by atoms with Gasteiger partial charge in [-0.3, -0.25) is 9.59 Å². The first-order valence-electron chi connectivity index (χ1n) is 17.9. The molecule has 2 amide bonds. The molecule has 0 saturated carbocycles. The van der Waals surface area contributed by atoms with Crippen molar-refractivity contribution in [2.24, 2.45) is 0 Å². The van der Waals surface area contributed by atoms with E-state index in [4.69, 9.17) is 4.98 Å². The number of imidazole rings is 1. The SMILES string of the molecule is Cc1nc2c(NC(=O)c3ccccc3-c3ccc(C(F)(F)F)cc3)cccc2n1CCCCCC1(C(=O)NCC(F)(F)F)c2ccccc2-c2ccccc21. The van der Waals surface area contributed by atoms with Crippen LogP contribution in [0.1, 0.15) is 58.6 Å². The maximum Gasteiger partial charge on any atom is 0.416 e. The Kier molecular flexibility index (Phi) is 10.0. The molecule has 0 saturated heterocycles. The summed E-state index contributed by atoms with van der Waals surface area (Å²) in [7, 11) is 0. The second kappa shape index (κ2) is 14.7. The second-order valence-electron chi connectivity index (χ2n) is 13.7. The first-order chi connectivity index (χ1) is 26.3. The van der Waals surface area contributed by atoms with Crippen molar-refractivity contribution in [2.75, 3.05) is 11.9 Å². The van der Waals surface area contributed by atoms with E-state index >= 15 is 0 Å². The fourth-order valence-electron chi connectivity index (χ4n) is 7.73. The van der Waals surface area contributed by atoms with Crippen LogP contribution in [0.4, 0.5) is 32.0 Å². The first-order valence-corrected chi connectivity index (χ1v) is 17.9. The highest BCUT2D eigenvalue weighted by molar-refractivity contribution is 6.11. The Balaban J connectivity index is 1.07. The van der Waals surface area contributed by atoms with Crippen molar-refractivity contribution < 1.29 is 35.9 Å². The number of nitrogens with zero attached hydrogens (tertiary/aromatic N) is 2. The first kappa shape index (κ1) is 37.4. The van der Waals surface area contributed by atoms with Crippen LogP contribution in [-0.2, 0) is 22.9 Å². The molecule has 0 bridgehead atoms. The zero-order chi connectivity index (χ0) is 39.0. The molecule has 55 heavy (non-hydrogen) atoms. The van der Waals surface area contributed by atoms with E-state index in [2.05, 4.69) is 10.6 Å². The number of halogens is 6. The molecular formula is C43H36F6N4O2. The predicted octanol–water partition coefficient (Wildman–Crippen LogP) is 10.5. The molecule has 0 fully saturated rings. The lowest BCUT2D eigenvalue weighted by molar-refractivity contribution is -0.141. The van der Waals surface area contributed by atoms with E-state index in [1.807, 2.05) is 54.0 Å². The largest absolute Gasteiger partial charge is 0.416 e. The molecule has 12 heteroatoms. The Bertz CT molecular complexity index is 2330. The maximum absolute atomic E-state index is 13.8. The highest BCUT2D eigenvalue weighted by Gasteiger charge is 2.49. The van der Waals surface area contributed by atoms with Gasteiger partial charge in [-0.25, -0.2) is 4.98 Å². The molecule has 5 aromatic carbocycles. The normalized spacial score (nSPS) is 13.4. The number of aromatic nitrogens is 2. The molecule has 0 unspecified atom stereocenters. The number of amides is 2. The number of aryl methyl sites for hydroxylation is 2. The third-order valence-corrected chi connectivity index (χ3v) is 10.2. The number of unbranched alkanes of at least 4 members (excludes halogenated alkanes) is 2. The van der Waals surface area contributed by atoms with Gasteiger partial charge in [0, 0.05) is 12.1 Å². The predicted molar refractivity (Wildman–Crippen MR) is 199 cm³/mol. The number of fused-ring (bicyclic) bond motifs is 4. The summed E-state index contributed by atoms with van der Waals surface area (Å²) < 4.78 is 81.3. The molecule has 6 aromatic rings. The number of benzene rings is 5. The smallest absolute Gasteiger partial charge is 0.346 e. The van der Waals surface area contributed by atoms with Gasteiger partial charge in [-0.1, -0.05) is 97.8 Å². The van der Waals surface area contributed by atoms with Crippen LogP contribution in [0.25, 0.3) is 33.3 Å². The number of carbonyl (C=O) groups excluding carboxylic acids is 2. The summed E-state index contributed by atoms with van der Waals surface area (Å²) in [4.78, 5) is 32.2. The van der Waals surface area contributed by atoms with Crippen molar-refractivity contribution in [2.45, 2.75) is 56.9 Å². The minimum atomic E-state index is -4.55. The number of carbonyl (C=O) groups is 2. The maximum atomic E-state index is 13.8. The number of nitrogens with one attached hydrogen (secondary N) is 2. The fourth-order valence-corrected chi connectivity index (χ4v) is 7.73. The van der Waals surface area contributed by atoms with Crippen molar-refractivity contribution >= 4 is 28.5 Å². The summed E-state index contributed by atoms with van der Waals surface area (Å²) in [5.41, 5.74) is 4.08. The van der Waals surface area contributed by atoms with Crippen LogP contribution in [0.5, 0.6) is 0 Å². The summed E-state index contributed by atoms with van der Waals surface area (Å²) in [6.07, 6.45) is -6.79. The Morgan fingerprint density at radius 1 is 0.709 bits per heavy atom. The van der Waals surface area contributed by atoms with Crippen molar-refractivity contribution in [3.8, 4) is 22.3 Å². The summed E-state index contributed by atoms with van der Waals surface area (Å²) in [6, 6.07) is 31.5. The van der Waals surface area contributed by atoms with Gasteiger partial charge in [0.05, 0.1) is 16.8 Å². The number of hydrogen-bond donors (Lipinski definition) is 2. The zero-order valence-electron chi connectivity index (χ0n) is 29.7. The van der Waals surface area contributed by atoms with Crippen LogP contribution in [-0.4, -0.2) is 34.1 Å². The van der Waals surface area contributed by atoms with Crippen LogP contribution in [0.3, 0.4) is 0 Å². The Morgan fingerprint density at radius 2 is 1.33 bits per heavy atom. The monoisotopic (exact) mass is 754 g/mol. The topological polar surface area (TPSA) is 76.0 Å². The Labute approximate surface area is 313 Å². The molecule has 0 radical (unpaired) electrons. The van der Waals surface area contributed by atoms with E-state index in [9.17, 15) is 35.9 Å². The number of anilines is 1. The van der Waals surface area contributed by atoms with E-state index in [1.165, 1.54) is 12.1 Å². The molecule has 1 heterocycles. The molecule has 0 spiro atoms. The summed E-state index contributed by atoms with van der Waals surface area (Å²) in [5, 5.41) is 5.12. The van der Waals surface area contributed by atoms with Crippen LogP contribution in [0, 0.1) is 6.92 Å². The van der Waals surface area contributed by atoms with Gasteiger partial charge in [0.15, 0.2) is 0 Å². The van der Waals surface area contributed by atoms with E-state index in [0.717, 1.165) is 28.8 Å². The lowest BCUT2D eigenvalue weighted by Gasteiger charge is -2.31. The molecule has 282 valence electrons. The molecule has 6 nitrogen and oxygen atoms in total. The molecule has 0 atom stereocenters. The number of hydrogen-bond acceptors (Lipinski definition) is 3. The van der Waals surface area contributed by atoms with Crippen LogP contribution < -0.4 is 10.6 Å². The Hall–Kier alpha value is -5.91. The third-order valence-electron chi connectivity index (χ3n) is 10.2. The van der Waals surface area contributed by atoms with Crippen LogP contribution >= 0.6 is 0 Å². The van der Waals surface area contributed by atoms with Crippen molar-refractivity contribution in [3.63, 3.8) is 0 Å². The van der Waals surface area contributed by atoms with Gasteiger partial charge in [-0.15, -0.1) is 0 Å². The van der Waals surface area contributed by atoms with Gasteiger partial charge in [0.25, 0.3) is 5.91 Å². The summed E-state index contributed by atoms with van der Waals surface area (Å²) in [6.45, 7) is 1.01. The van der Waals surface area contributed by atoms with Crippen molar-refractivity contribution in [1.29, 1.82) is 0 Å². The highest BCUT2D eigenvalue weighted by atomic mass is 19.4. The average Bonchev–Trinajstić information content (AvgIpc) is 3.65. The fraction of sp³-hybridized carbons (Fsp3) is 0.233. The van der Waals surface area contributed by atoms with Gasteiger partial charge in [0.2, 0.25) is 5.91 Å². The zero-order valence-corrected chi connectivity index (χ0v) is 29.7. The Morgan fingerprint density at radius 3 is 1.96 bits per heavy atom. The average molecular weight is 755 g/mol. The van der Waals surface area contributed by atoms with Gasteiger partial charge < -0.3 is 15.2 Å². The number of alkyl halides is 6. The van der Waals surface area contributed by atoms with Gasteiger partial charge in [0.1, 0.15) is 23.3 Å². The summed E-state index contributed by atoms with van der Waals surface area (Å²) in [5.74, 6) is -0.405.